The van der Waals surface area contributed by atoms with Crippen LogP contribution in [0.5, 0.6) is 0 Å². The molecule has 1 aromatic heterocycles. The normalized spacial score (nSPS) is 19.4. The first-order valence-corrected chi connectivity index (χ1v) is 11.8. The van der Waals surface area contributed by atoms with Crippen molar-refractivity contribution in [2.24, 2.45) is 11.8 Å². The van der Waals surface area contributed by atoms with Crippen LogP contribution in [0.1, 0.15) is 89.3 Å². The smallest absolute Gasteiger partial charge is 0.127 e. The van der Waals surface area contributed by atoms with Crippen LogP contribution in [-0.4, -0.2) is 10.2 Å². The number of unbranched alkanes of at least 4 members (excludes halogenated alkanes) is 2. The standard InChI is InChI=1S/C26H37FN2/c1-3-5-7-20-9-11-21(12-10-20)13-16-24-17-18-26(29-28-24)23-15-14-22(8-6-4-2)25(27)19-23/h14-15,17-21H,3-13,16H2,1-2H3. The Morgan fingerprint density at radius 2 is 1.55 bits per heavy atom. The zero-order valence-corrected chi connectivity index (χ0v) is 18.3. The van der Waals surface area contributed by atoms with Gasteiger partial charge in [-0.3, -0.25) is 0 Å². The molecule has 0 N–H and O–H groups in total. The third kappa shape index (κ3) is 6.62. The predicted molar refractivity (Wildman–Crippen MR) is 119 cm³/mol. The molecule has 1 fully saturated rings. The highest BCUT2D eigenvalue weighted by Crippen LogP contribution is 2.34. The van der Waals surface area contributed by atoms with E-state index in [4.69, 9.17) is 0 Å². The van der Waals surface area contributed by atoms with Gasteiger partial charge in [0.2, 0.25) is 0 Å². The molecule has 29 heavy (non-hydrogen) atoms. The van der Waals surface area contributed by atoms with E-state index in [1.807, 2.05) is 18.2 Å². The van der Waals surface area contributed by atoms with E-state index in [0.717, 1.165) is 60.0 Å². The molecule has 3 rings (SSSR count). The van der Waals surface area contributed by atoms with Crippen molar-refractivity contribution in [3.05, 3.63) is 47.4 Å². The van der Waals surface area contributed by atoms with Gasteiger partial charge in [0, 0.05) is 5.56 Å². The van der Waals surface area contributed by atoms with Gasteiger partial charge < -0.3 is 0 Å². The molecule has 1 aliphatic rings. The van der Waals surface area contributed by atoms with Gasteiger partial charge >= 0.3 is 0 Å². The van der Waals surface area contributed by atoms with Gasteiger partial charge in [0.05, 0.1) is 11.4 Å². The van der Waals surface area contributed by atoms with Crippen molar-refractivity contribution < 1.29 is 4.39 Å². The molecule has 0 bridgehead atoms. The minimum atomic E-state index is -0.128. The Kier molecular flexibility index (Phi) is 8.64. The Morgan fingerprint density at radius 3 is 2.17 bits per heavy atom. The van der Waals surface area contributed by atoms with Crippen molar-refractivity contribution >= 4 is 0 Å². The highest BCUT2D eigenvalue weighted by Gasteiger charge is 2.20. The van der Waals surface area contributed by atoms with Crippen LogP contribution in [0.15, 0.2) is 30.3 Å². The number of aryl methyl sites for hydroxylation is 2. The van der Waals surface area contributed by atoms with E-state index in [0.29, 0.717) is 0 Å². The summed E-state index contributed by atoms with van der Waals surface area (Å²) in [6.45, 7) is 4.42. The van der Waals surface area contributed by atoms with Crippen LogP contribution in [0.3, 0.4) is 0 Å². The molecule has 0 atom stereocenters. The second-order valence-electron chi connectivity index (χ2n) is 8.89. The van der Waals surface area contributed by atoms with Gasteiger partial charge in [0.15, 0.2) is 0 Å². The number of hydrogen-bond donors (Lipinski definition) is 0. The maximum atomic E-state index is 14.3. The largest absolute Gasteiger partial charge is 0.207 e. The lowest BCUT2D eigenvalue weighted by Gasteiger charge is -2.28. The second-order valence-corrected chi connectivity index (χ2v) is 8.89. The molecule has 2 aromatic rings. The third-order valence-corrected chi connectivity index (χ3v) is 6.61. The summed E-state index contributed by atoms with van der Waals surface area (Å²) in [7, 11) is 0. The third-order valence-electron chi connectivity index (χ3n) is 6.61. The quantitative estimate of drug-likeness (QED) is 0.414. The van der Waals surface area contributed by atoms with Gasteiger partial charge in [0.1, 0.15) is 5.82 Å². The molecule has 0 aliphatic heterocycles. The lowest BCUT2D eigenvalue weighted by Crippen LogP contribution is -2.15. The lowest BCUT2D eigenvalue weighted by molar-refractivity contribution is 0.249. The Balaban J connectivity index is 1.49. The summed E-state index contributed by atoms with van der Waals surface area (Å²) in [6, 6.07) is 9.52. The van der Waals surface area contributed by atoms with Gasteiger partial charge in [0.25, 0.3) is 0 Å². The summed E-state index contributed by atoms with van der Waals surface area (Å²) >= 11 is 0. The first-order valence-electron chi connectivity index (χ1n) is 11.8. The number of halogens is 1. The van der Waals surface area contributed by atoms with Crippen LogP contribution in [0.25, 0.3) is 11.3 Å². The zero-order valence-electron chi connectivity index (χ0n) is 18.3. The molecule has 2 nitrogen and oxygen atoms in total. The Morgan fingerprint density at radius 1 is 0.828 bits per heavy atom. The minimum absolute atomic E-state index is 0.128. The van der Waals surface area contributed by atoms with Gasteiger partial charge in [-0.05, 0) is 61.3 Å². The van der Waals surface area contributed by atoms with E-state index < -0.39 is 0 Å². The van der Waals surface area contributed by atoms with E-state index >= 15 is 0 Å². The van der Waals surface area contributed by atoms with Crippen molar-refractivity contribution in [3.63, 3.8) is 0 Å². The van der Waals surface area contributed by atoms with E-state index in [1.165, 1.54) is 51.4 Å². The number of nitrogens with zero attached hydrogens (tertiary/aromatic N) is 2. The fourth-order valence-corrected chi connectivity index (χ4v) is 4.58. The fourth-order valence-electron chi connectivity index (χ4n) is 4.58. The monoisotopic (exact) mass is 396 g/mol. The van der Waals surface area contributed by atoms with Crippen molar-refractivity contribution in [3.8, 4) is 11.3 Å². The van der Waals surface area contributed by atoms with Crippen LogP contribution >= 0.6 is 0 Å². The number of hydrogen-bond acceptors (Lipinski definition) is 2. The number of rotatable bonds is 10. The lowest BCUT2D eigenvalue weighted by atomic mass is 9.78. The summed E-state index contributed by atoms with van der Waals surface area (Å²) in [5, 5.41) is 8.80. The molecular weight excluding hydrogens is 359 g/mol. The van der Waals surface area contributed by atoms with Gasteiger partial charge in [-0.1, -0.05) is 77.3 Å². The summed E-state index contributed by atoms with van der Waals surface area (Å²) in [5.41, 5.74) is 3.42. The van der Waals surface area contributed by atoms with Crippen molar-refractivity contribution in [2.75, 3.05) is 0 Å². The zero-order chi connectivity index (χ0) is 20.5. The SMILES string of the molecule is CCCCc1ccc(-c2ccc(CCC3CCC(CCCC)CC3)nn2)cc1F. The maximum absolute atomic E-state index is 14.3. The first kappa shape index (κ1) is 21.9. The molecule has 1 saturated carbocycles. The molecule has 3 heteroatoms. The predicted octanol–water partition coefficient (Wildman–Crippen LogP) is 7.55. The average Bonchev–Trinajstić information content (AvgIpc) is 2.76. The Labute approximate surface area is 176 Å². The van der Waals surface area contributed by atoms with Crippen molar-refractivity contribution in [1.82, 2.24) is 10.2 Å². The van der Waals surface area contributed by atoms with Crippen LogP contribution in [0.2, 0.25) is 0 Å². The molecular formula is C26H37FN2. The molecule has 0 unspecified atom stereocenters. The van der Waals surface area contributed by atoms with Crippen molar-refractivity contribution in [1.29, 1.82) is 0 Å². The molecule has 0 amide bonds. The van der Waals surface area contributed by atoms with E-state index in [1.54, 1.807) is 6.07 Å². The topological polar surface area (TPSA) is 25.8 Å². The van der Waals surface area contributed by atoms with E-state index in [9.17, 15) is 4.39 Å². The van der Waals surface area contributed by atoms with Crippen LogP contribution in [0, 0.1) is 17.7 Å². The average molecular weight is 397 g/mol. The maximum Gasteiger partial charge on any atom is 0.127 e. The van der Waals surface area contributed by atoms with Gasteiger partial charge in [-0.25, -0.2) is 4.39 Å². The molecule has 1 aromatic carbocycles. The molecule has 1 heterocycles. The fraction of sp³-hybridized carbons (Fsp3) is 0.615. The number of aromatic nitrogens is 2. The van der Waals surface area contributed by atoms with Gasteiger partial charge in [-0.15, -0.1) is 0 Å². The second kappa shape index (κ2) is 11.4. The highest BCUT2D eigenvalue weighted by atomic mass is 19.1. The molecule has 0 spiro atoms. The van der Waals surface area contributed by atoms with Crippen LogP contribution < -0.4 is 0 Å². The summed E-state index contributed by atoms with van der Waals surface area (Å²) < 4.78 is 14.3. The first-order chi connectivity index (χ1) is 14.2. The minimum Gasteiger partial charge on any atom is -0.207 e. The van der Waals surface area contributed by atoms with Crippen LogP contribution in [0.4, 0.5) is 4.39 Å². The highest BCUT2D eigenvalue weighted by molar-refractivity contribution is 5.59. The number of benzene rings is 1. The molecule has 0 radical (unpaired) electrons. The van der Waals surface area contributed by atoms with Crippen molar-refractivity contribution in [2.45, 2.75) is 90.9 Å². The molecule has 0 saturated heterocycles. The van der Waals surface area contributed by atoms with E-state index in [-0.39, 0.29) is 5.82 Å². The summed E-state index contributed by atoms with van der Waals surface area (Å²) in [6.07, 6.45) is 14.8. The Bertz CT molecular complexity index is 733. The molecule has 1 aliphatic carbocycles. The summed E-state index contributed by atoms with van der Waals surface area (Å²) in [5.74, 6) is 1.69. The van der Waals surface area contributed by atoms with Crippen LogP contribution in [-0.2, 0) is 12.8 Å². The molecule has 158 valence electrons. The van der Waals surface area contributed by atoms with E-state index in [2.05, 4.69) is 30.1 Å². The summed E-state index contributed by atoms with van der Waals surface area (Å²) in [4.78, 5) is 0. The Hall–Kier alpha value is -1.77. The van der Waals surface area contributed by atoms with Gasteiger partial charge in [-0.2, -0.15) is 10.2 Å².